The molecule has 2 heterocycles. The van der Waals surface area contributed by atoms with Crippen molar-refractivity contribution in [1.82, 2.24) is 24.8 Å². The average molecular weight is 458 g/mol. The lowest BCUT2D eigenvalue weighted by Crippen LogP contribution is -2.34. The van der Waals surface area contributed by atoms with Crippen LogP contribution in [0, 0.1) is 6.92 Å². The molecule has 2 aromatic heterocycles. The van der Waals surface area contributed by atoms with Gasteiger partial charge in [-0.15, -0.1) is 0 Å². The molecule has 172 valence electrons. The number of benzene rings is 2. The number of carbonyl (C=O) groups is 1. The van der Waals surface area contributed by atoms with E-state index in [4.69, 9.17) is 4.74 Å². The van der Waals surface area contributed by atoms with Gasteiger partial charge in [0.25, 0.3) is 5.91 Å². The van der Waals surface area contributed by atoms with Crippen LogP contribution in [0.2, 0.25) is 0 Å². The molecule has 0 radical (unpaired) electrons. The van der Waals surface area contributed by atoms with Crippen molar-refractivity contribution in [3.8, 4) is 11.5 Å². The Morgan fingerprint density at radius 3 is 2.47 bits per heavy atom. The zero-order valence-electron chi connectivity index (χ0n) is 18.5. The van der Waals surface area contributed by atoms with Crippen LogP contribution in [0.3, 0.4) is 0 Å². The fraction of sp³-hybridized carbons (Fsp3) is 0.125. The number of nitrogens with one attached hydrogen (secondary N) is 3. The molecule has 3 N–H and O–H groups in total. The molecule has 0 spiro atoms. The second kappa shape index (κ2) is 9.82. The summed E-state index contributed by atoms with van der Waals surface area (Å²) < 4.78 is 7.15. The normalized spacial score (nSPS) is 10.5. The van der Waals surface area contributed by atoms with Crippen molar-refractivity contribution in [2.45, 2.75) is 13.5 Å². The summed E-state index contributed by atoms with van der Waals surface area (Å²) >= 11 is 0. The SMILES string of the molecule is CNC(=O)c1cc(Oc2ccc(Nc3nc(=O)[nH]c(=O)n3Cc3ccc(C)cc3)cc2)ccn1. The number of rotatable bonds is 7. The van der Waals surface area contributed by atoms with Crippen molar-refractivity contribution in [2.24, 2.45) is 0 Å². The summed E-state index contributed by atoms with van der Waals surface area (Å²) in [5, 5.41) is 5.54. The van der Waals surface area contributed by atoms with Crippen LogP contribution < -0.4 is 26.7 Å². The van der Waals surface area contributed by atoms with Gasteiger partial charge in [-0.25, -0.2) is 9.59 Å². The van der Waals surface area contributed by atoms with Crippen LogP contribution in [0.15, 0.2) is 76.4 Å². The topological polar surface area (TPSA) is 131 Å². The fourth-order valence-electron chi connectivity index (χ4n) is 3.16. The molecular formula is C24H22N6O4. The molecule has 0 atom stereocenters. The second-order valence-corrected chi connectivity index (χ2v) is 7.45. The zero-order chi connectivity index (χ0) is 24.1. The third-order valence-electron chi connectivity index (χ3n) is 4.92. The number of aromatic amines is 1. The van der Waals surface area contributed by atoms with Gasteiger partial charge in [-0.1, -0.05) is 29.8 Å². The van der Waals surface area contributed by atoms with Crippen molar-refractivity contribution in [2.75, 3.05) is 12.4 Å². The van der Waals surface area contributed by atoms with Crippen LogP contribution in [0.1, 0.15) is 21.6 Å². The summed E-state index contributed by atoms with van der Waals surface area (Å²) in [6.45, 7) is 2.22. The van der Waals surface area contributed by atoms with Gasteiger partial charge in [0.05, 0.1) is 6.54 Å². The van der Waals surface area contributed by atoms with E-state index in [1.165, 1.54) is 23.9 Å². The van der Waals surface area contributed by atoms with E-state index in [0.717, 1.165) is 11.1 Å². The molecule has 0 fully saturated rings. The number of hydrogen-bond acceptors (Lipinski definition) is 7. The van der Waals surface area contributed by atoms with Crippen LogP contribution in [-0.4, -0.2) is 32.5 Å². The van der Waals surface area contributed by atoms with E-state index >= 15 is 0 Å². The molecule has 0 aliphatic heterocycles. The quantitative estimate of drug-likeness (QED) is 0.388. The molecule has 4 aromatic rings. The van der Waals surface area contributed by atoms with Gasteiger partial charge in [0.15, 0.2) is 0 Å². The molecule has 1 amide bonds. The molecule has 0 aliphatic carbocycles. The average Bonchev–Trinajstić information content (AvgIpc) is 2.83. The Morgan fingerprint density at radius 1 is 1.03 bits per heavy atom. The number of amides is 1. The van der Waals surface area contributed by atoms with Gasteiger partial charge in [0.2, 0.25) is 5.95 Å². The first-order chi connectivity index (χ1) is 16.4. The van der Waals surface area contributed by atoms with Crippen LogP contribution in [0.25, 0.3) is 0 Å². The summed E-state index contributed by atoms with van der Waals surface area (Å²) in [5.74, 6) is 0.785. The van der Waals surface area contributed by atoms with Gasteiger partial charge < -0.3 is 15.4 Å². The molecule has 0 unspecified atom stereocenters. The largest absolute Gasteiger partial charge is 0.457 e. The van der Waals surface area contributed by atoms with E-state index < -0.39 is 11.4 Å². The summed E-state index contributed by atoms with van der Waals surface area (Å²) in [7, 11) is 1.53. The van der Waals surface area contributed by atoms with E-state index in [-0.39, 0.29) is 24.1 Å². The Hall–Kier alpha value is -4.73. The van der Waals surface area contributed by atoms with E-state index in [9.17, 15) is 14.4 Å². The summed E-state index contributed by atoms with van der Waals surface area (Å²) in [4.78, 5) is 46.2. The van der Waals surface area contributed by atoms with E-state index in [1.807, 2.05) is 31.2 Å². The molecule has 10 nitrogen and oxygen atoms in total. The van der Waals surface area contributed by atoms with Gasteiger partial charge in [-0.2, -0.15) is 4.98 Å². The van der Waals surface area contributed by atoms with Gasteiger partial charge in [-0.05, 0) is 42.8 Å². The van der Waals surface area contributed by atoms with Crippen molar-refractivity contribution >= 4 is 17.5 Å². The summed E-state index contributed by atoms with van der Waals surface area (Å²) in [6, 6.07) is 17.8. The minimum absolute atomic E-state index is 0.118. The highest BCUT2D eigenvalue weighted by atomic mass is 16.5. The van der Waals surface area contributed by atoms with E-state index in [0.29, 0.717) is 17.2 Å². The molecular weight excluding hydrogens is 436 g/mol. The van der Waals surface area contributed by atoms with Gasteiger partial charge in [0.1, 0.15) is 17.2 Å². The lowest BCUT2D eigenvalue weighted by Gasteiger charge is -2.13. The molecule has 0 aliphatic rings. The third kappa shape index (κ3) is 5.36. The minimum Gasteiger partial charge on any atom is -0.457 e. The first-order valence-electron chi connectivity index (χ1n) is 10.4. The molecule has 0 saturated carbocycles. The predicted octanol–water partition coefficient (Wildman–Crippen LogP) is 2.58. The number of carbonyl (C=O) groups excluding carboxylic acids is 1. The predicted molar refractivity (Wildman–Crippen MR) is 127 cm³/mol. The first-order valence-corrected chi connectivity index (χ1v) is 10.4. The van der Waals surface area contributed by atoms with Crippen molar-refractivity contribution in [3.63, 3.8) is 0 Å². The minimum atomic E-state index is -0.739. The lowest BCUT2D eigenvalue weighted by atomic mass is 10.1. The lowest BCUT2D eigenvalue weighted by molar-refractivity contribution is 0.0958. The third-order valence-corrected chi connectivity index (χ3v) is 4.92. The van der Waals surface area contributed by atoms with E-state index in [1.54, 1.807) is 30.3 Å². The molecule has 10 heteroatoms. The number of anilines is 2. The van der Waals surface area contributed by atoms with Gasteiger partial charge >= 0.3 is 11.4 Å². The maximum atomic E-state index is 12.5. The van der Waals surface area contributed by atoms with Gasteiger partial charge in [-0.3, -0.25) is 19.3 Å². The molecule has 0 bridgehead atoms. The van der Waals surface area contributed by atoms with Gasteiger partial charge in [0, 0.05) is 25.0 Å². The highest BCUT2D eigenvalue weighted by Gasteiger charge is 2.10. The summed E-state index contributed by atoms with van der Waals surface area (Å²) in [5.41, 5.74) is 1.54. The van der Waals surface area contributed by atoms with Crippen LogP contribution in [-0.2, 0) is 6.54 Å². The van der Waals surface area contributed by atoms with Crippen LogP contribution in [0.5, 0.6) is 11.5 Å². The molecule has 34 heavy (non-hydrogen) atoms. The van der Waals surface area contributed by atoms with Crippen molar-refractivity contribution in [3.05, 3.63) is 105 Å². The number of ether oxygens (including phenoxy) is 1. The highest BCUT2D eigenvalue weighted by molar-refractivity contribution is 5.92. The Morgan fingerprint density at radius 2 is 1.76 bits per heavy atom. The number of aromatic nitrogens is 4. The molecule has 0 saturated heterocycles. The number of H-pyrrole nitrogens is 1. The fourth-order valence-corrected chi connectivity index (χ4v) is 3.16. The Labute approximate surface area is 194 Å². The standard InChI is InChI=1S/C24H22N6O4/c1-15-3-5-16(6-4-15)14-30-22(28-23(32)29-24(30)33)27-17-7-9-18(10-8-17)34-19-11-12-26-20(13-19)21(31)25-2/h3-13H,14H2,1-2H3,(H,25,31)(H2,27,28,29,32,33). The van der Waals surface area contributed by atoms with Crippen molar-refractivity contribution in [1.29, 1.82) is 0 Å². The number of nitrogens with zero attached hydrogens (tertiary/aromatic N) is 3. The Kier molecular flexibility index (Phi) is 6.49. The molecule has 4 rings (SSSR count). The number of pyridine rings is 1. The Bertz CT molecular complexity index is 1430. The number of aryl methyl sites for hydroxylation is 1. The maximum Gasteiger partial charge on any atom is 0.352 e. The number of hydrogen-bond donors (Lipinski definition) is 3. The first kappa shape index (κ1) is 22.5. The smallest absolute Gasteiger partial charge is 0.352 e. The van der Waals surface area contributed by atoms with Crippen LogP contribution in [0.4, 0.5) is 11.6 Å². The van der Waals surface area contributed by atoms with E-state index in [2.05, 4.69) is 25.6 Å². The molecule has 2 aromatic carbocycles. The second-order valence-electron chi connectivity index (χ2n) is 7.45. The van der Waals surface area contributed by atoms with Crippen LogP contribution >= 0.6 is 0 Å². The van der Waals surface area contributed by atoms with Crippen molar-refractivity contribution < 1.29 is 9.53 Å². The Balaban J connectivity index is 1.53. The maximum absolute atomic E-state index is 12.5. The zero-order valence-corrected chi connectivity index (χ0v) is 18.5. The highest BCUT2D eigenvalue weighted by Crippen LogP contribution is 2.24. The summed E-state index contributed by atoms with van der Waals surface area (Å²) in [6.07, 6.45) is 1.49. The monoisotopic (exact) mass is 458 g/mol.